The molecule has 0 bridgehead atoms. The summed E-state index contributed by atoms with van der Waals surface area (Å²) in [6.07, 6.45) is 0.395. The third kappa shape index (κ3) is 1.94. The van der Waals surface area contributed by atoms with E-state index >= 15 is 0 Å². The Labute approximate surface area is 97.3 Å². The molecule has 0 amide bonds. The number of carbonyl (C=O) groups is 1. The molecule has 0 saturated heterocycles. The van der Waals surface area contributed by atoms with Crippen molar-refractivity contribution >= 4 is 11.5 Å². The first-order valence-electron chi connectivity index (χ1n) is 5.19. The van der Waals surface area contributed by atoms with Crippen molar-refractivity contribution in [3.8, 4) is 5.88 Å². The Morgan fingerprint density at radius 3 is 2.88 bits per heavy atom. The Morgan fingerprint density at radius 1 is 1.59 bits per heavy atom. The molecular formula is C11H13N3O3. The minimum atomic E-state index is -1.12. The molecule has 17 heavy (non-hydrogen) atoms. The van der Waals surface area contributed by atoms with E-state index in [0.717, 1.165) is 0 Å². The smallest absolute Gasteiger partial charge is 0.356 e. The Bertz CT molecular complexity index is 575. The van der Waals surface area contributed by atoms with Gasteiger partial charge < -0.3 is 15.9 Å². The minimum Gasteiger partial charge on any atom is -0.494 e. The Kier molecular flexibility index (Phi) is 2.72. The van der Waals surface area contributed by atoms with Gasteiger partial charge in [0.15, 0.2) is 11.6 Å². The number of nitrogens with zero attached hydrogens (tertiary/aromatic N) is 2. The van der Waals surface area contributed by atoms with Gasteiger partial charge in [-0.05, 0) is 19.1 Å². The molecule has 4 N–H and O–H groups in total. The lowest BCUT2D eigenvalue weighted by Crippen LogP contribution is -2.19. The summed E-state index contributed by atoms with van der Waals surface area (Å²) in [5, 5.41) is 18.8. The van der Waals surface area contributed by atoms with E-state index in [1.54, 1.807) is 19.1 Å². The first-order chi connectivity index (χ1) is 8.00. The Hall–Kier alpha value is -2.08. The number of carboxylic acids is 1. The third-order valence-corrected chi connectivity index (χ3v) is 2.42. The van der Waals surface area contributed by atoms with Crippen LogP contribution in [0.15, 0.2) is 18.2 Å². The van der Waals surface area contributed by atoms with Crippen LogP contribution in [0, 0.1) is 0 Å². The number of nitrogens with two attached hydrogens (primary N) is 1. The second kappa shape index (κ2) is 4.06. The van der Waals surface area contributed by atoms with Crippen molar-refractivity contribution in [1.82, 2.24) is 9.38 Å². The summed E-state index contributed by atoms with van der Waals surface area (Å²) in [7, 11) is 0. The maximum atomic E-state index is 11.0. The molecule has 0 radical (unpaired) electrons. The number of hydrogen-bond acceptors (Lipinski definition) is 4. The maximum absolute atomic E-state index is 11.0. The van der Waals surface area contributed by atoms with E-state index in [-0.39, 0.29) is 17.6 Å². The zero-order valence-electron chi connectivity index (χ0n) is 9.29. The van der Waals surface area contributed by atoms with Gasteiger partial charge in [0.05, 0.1) is 5.52 Å². The number of imidazole rings is 1. The summed E-state index contributed by atoms with van der Waals surface area (Å²) in [6.45, 7) is 1.79. The van der Waals surface area contributed by atoms with Gasteiger partial charge in [-0.25, -0.2) is 9.78 Å². The second-order valence-corrected chi connectivity index (χ2v) is 3.97. The van der Waals surface area contributed by atoms with Crippen molar-refractivity contribution in [3.63, 3.8) is 0 Å². The quantitative estimate of drug-likeness (QED) is 0.724. The van der Waals surface area contributed by atoms with Crippen LogP contribution in [0.3, 0.4) is 0 Å². The monoisotopic (exact) mass is 235 g/mol. The molecule has 0 aliphatic carbocycles. The number of aromatic carboxylic acids is 1. The predicted molar refractivity (Wildman–Crippen MR) is 61.2 cm³/mol. The zero-order chi connectivity index (χ0) is 12.6. The van der Waals surface area contributed by atoms with Crippen LogP contribution in [0.1, 0.15) is 23.2 Å². The van der Waals surface area contributed by atoms with Crippen LogP contribution < -0.4 is 5.73 Å². The molecule has 0 aliphatic rings. The molecule has 1 atom stereocenters. The van der Waals surface area contributed by atoms with Gasteiger partial charge in [-0.2, -0.15) is 0 Å². The molecule has 0 fully saturated rings. The topological polar surface area (TPSA) is 101 Å². The number of carboxylic acid groups (broad SMARTS) is 1. The molecule has 6 heteroatoms. The van der Waals surface area contributed by atoms with Crippen molar-refractivity contribution in [2.45, 2.75) is 19.4 Å². The first kappa shape index (κ1) is 11.4. The summed E-state index contributed by atoms with van der Waals surface area (Å²) in [4.78, 5) is 15.0. The van der Waals surface area contributed by atoms with Gasteiger partial charge in [-0.15, -0.1) is 0 Å². The largest absolute Gasteiger partial charge is 0.494 e. The average Bonchev–Trinajstić information content (AvgIpc) is 2.57. The SMILES string of the molecule is CC(N)Cc1nc(C(=O)O)c2cccc(O)n12. The molecule has 0 aliphatic heterocycles. The van der Waals surface area contributed by atoms with Crippen LogP contribution >= 0.6 is 0 Å². The van der Waals surface area contributed by atoms with Gasteiger partial charge in [0.1, 0.15) is 5.82 Å². The summed E-state index contributed by atoms with van der Waals surface area (Å²) in [5.41, 5.74) is 5.96. The molecule has 6 nitrogen and oxygen atoms in total. The van der Waals surface area contributed by atoms with Gasteiger partial charge in [0.2, 0.25) is 0 Å². The molecule has 2 aromatic rings. The van der Waals surface area contributed by atoms with Crippen molar-refractivity contribution in [2.24, 2.45) is 5.73 Å². The Balaban J connectivity index is 2.71. The lowest BCUT2D eigenvalue weighted by Gasteiger charge is -2.05. The molecular weight excluding hydrogens is 222 g/mol. The van der Waals surface area contributed by atoms with E-state index < -0.39 is 5.97 Å². The summed E-state index contributed by atoms with van der Waals surface area (Å²) in [6, 6.07) is 4.49. The summed E-state index contributed by atoms with van der Waals surface area (Å²) in [5.74, 6) is -0.715. The highest BCUT2D eigenvalue weighted by atomic mass is 16.4. The summed E-state index contributed by atoms with van der Waals surface area (Å²) >= 11 is 0. The van der Waals surface area contributed by atoms with Crippen LogP contribution in [0.4, 0.5) is 0 Å². The van der Waals surface area contributed by atoms with Gasteiger partial charge >= 0.3 is 5.97 Å². The molecule has 1 unspecified atom stereocenters. The van der Waals surface area contributed by atoms with Crippen molar-refractivity contribution in [2.75, 3.05) is 0 Å². The van der Waals surface area contributed by atoms with Gasteiger partial charge in [0.25, 0.3) is 0 Å². The number of rotatable bonds is 3. The number of hydrogen-bond donors (Lipinski definition) is 3. The van der Waals surface area contributed by atoms with E-state index in [0.29, 0.717) is 17.8 Å². The zero-order valence-corrected chi connectivity index (χ0v) is 9.29. The van der Waals surface area contributed by atoms with Gasteiger partial charge in [0, 0.05) is 12.5 Å². The fraction of sp³-hybridized carbons (Fsp3) is 0.273. The van der Waals surface area contributed by atoms with E-state index in [2.05, 4.69) is 4.98 Å². The number of fused-ring (bicyclic) bond motifs is 1. The van der Waals surface area contributed by atoms with E-state index in [9.17, 15) is 9.90 Å². The fourth-order valence-corrected chi connectivity index (χ4v) is 1.77. The molecule has 2 heterocycles. The second-order valence-electron chi connectivity index (χ2n) is 3.97. The van der Waals surface area contributed by atoms with E-state index in [4.69, 9.17) is 10.8 Å². The standard InChI is InChI=1S/C11H13N3O3/c1-6(12)5-8-13-10(11(16)17)7-3-2-4-9(15)14(7)8/h2-4,6,15H,5,12H2,1H3,(H,16,17). The van der Waals surface area contributed by atoms with Crippen molar-refractivity contribution in [3.05, 3.63) is 29.7 Å². The minimum absolute atomic E-state index is 0.0434. The van der Waals surface area contributed by atoms with Crippen LogP contribution in [-0.4, -0.2) is 31.6 Å². The molecule has 0 saturated carbocycles. The molecule has 0 aromatic carbocycles. The van der Waals surface area contributed by atoms with E-state index in [1.165, 1.54) is 10.5 Å². The first-order valence-corrected chi connectivity index (χ1v) is 5.19. The van der Waals surface area contributed by atoms with Crippen LogP contribution in [0.25, 0.3) is 5.52 Å². The lowest BCUT2D eigenvalue weighted by molar-refractivity contribution is 0.0693. The maximum Gasteiger partial charge on any atom is 0.356 e. The molecule has 2 aromatic heterocycles. The fourth-order valence-electron chi connectivity index (χ4n) is 1.77. The third-order valence-electron chi connectivity index (χ3n) is 2.42. The van der Waals surface area contributed by atoms with Gasteiger partial charge in [-0.3, -0.25) is 4.40 Å². The average molecular weight is 235 g/mol. The highest BCUT2D eigenvalue weighted by Gasteiger charge is 2.18. The molecule has 0 spiro atoms. The van der Waals surface area contributed by atoms with Crippen LogP contribution in [0.2, 0.25) is 0 Å². The predicted octanol–water partition coefficient (Wildman–Crippen LogP) is 0.628. The van der Waals surface area contributed by atoms with Crippen LogP contribution in [0.5, 0.6) is 5.88 Å². The van der Waals surface area contributed by atoms with Crippen LogP contribution in [-0.2, 0) is 6.42 Å². The van der Waals surface area contributed by atoms with Gasteiger partial charge in [-0.1, -0.05) is 6.07 Å². The number of aromatic nitrogens is 2. The van der Waals surface area contributed by atoms with Crippen molar-refractivity contribution < 1.29 is 15.0 Å². The number of aromatic hydroxyl groups is 1. The molecule has 2 rings (SSSR count). The van der Waals surface area contributed by atoms with E-state index in [1.807, 2.05) is 0 Å². The Morgan fingerprint density at radius 2 is 2.29 bits per heavy atom. The highest BCUT2D eigenvalue weighted by Crippen LogP contribution is 2.20. The molecule has 90 valence electrons. The summed E-state index contributed by atoms with van der Waals surface area (Å²) < 4.78 is 1.41. The number of pyridine rings is 1. The van der Waals surface area contributed by atoms with Crippen molar-refractivity contribution in [1.29, 1.82) is 0 Å². The lowest BCUT2D eigenvalue weighted by atomic mass is 10.2. The normalized spacial score (nSPS) is 12.8. The highest BCUT2D eigenvalue weighted by molar-refractivity contribution is 5.93.